The van der Waals surface area contributed by atoms with Gasteiger partial charge in [-0.15, -0.1) is 0 Å². The Hall–Kier alpha value is -1.26. The molecule has 2 heterocycles. The number of nitrogens with zero attached hydrogens (tertiary/aromatic N) is 3. The first-order chi connectivity index (χ1) is 9.81. The third kappa shape index (κ3) is 3.44. The average Bonchev–Trinajstić information content (AvgIpc) is 2.50. The summed E-state index contributed by atoms with van der Waals surface area (Å²) in [6.07, 6.45) is 6.04. The molecule has 104 valence electrons. The molecule has 3 rings (SSSR count). The molecule has 0 aliphatic carbocycles. The van der Waals surface area contributed by atoms with Gasteiger partial charge in [0.15, 0.2) is 0 Å². The standard InChI is InChI=1S/C16H18BrN3/c17-16-11-18-15(10-19-16)14-6-8-20(9-7-14)12-13-4-2-1-3-5-13/h1-5,10-11,14H,6-9,12H2. The highest BCUT2D eigenvalue weighted by Crippen LogP contribution is 2.27. The summed E-state index contributed by atoms with van der Waals surface area (Å²) in [4.78, 5) is 11.3. The highest BCUT2D eigenvalue weighted by atomic mass is 79.9. The van der Waals surface area contributed by atoms with E-state index in [1.54, 1.807) is 6.20 Å². The minimum Gasteiger partial charge on any atom is -0.299 e. The van der Waals surface area contributed by atoms with Crippen LogP contribution in [-0.2, 0) is 6.54 Å². The molecule has 1 fully saturated rings. The zero-order valence-corrected chi connectivity index (χ0v) is 13.0. The minimum absolute atomic E-state index is 0.558. The van der Waals surface area contributed by atoms with Crippen LogP contribution >= 0.6 is 15.9 Å². The maximum Gasteiger partial charge on any atom is 0.124 e. The van der Waals surface area contributed by atoms with E-state index in [9.17, 15) is 0 Å². The molecule has 1 aliphatic rings. The van der Waals surface area contributed by atoms with E-state index in [0.717, 1.165) is 29.9 Å². The fourth-order valence-electron chi connectivity index (χ4n) is 2.76. The molecule has 0 unspecified atom stereocenters. The van der Waals surface area contributed by atoms with Crippen LogP contribution in [-0.4, -0.2) is 28.0 Å². The Bertz CT molecular complexity index is 533. The predicted octanol–water partition coefficient (Wildman–Crippen LogP) is 3.62. The van der Waals surface area contributed by atoms with E-state index in [4.69, 9.17) is 0 Å². The summed E-state index contributed by atoms with van der Waals surface area (Å²) in [5.74, 6) is 0.558. The van der Waals surface area contributed by atoms with E-state index in [2.05, 4.69) is 61.1 Å². The SMILES string of the molecule is Brc1cnc(C2CCN(Cc3ccccc3)CC2)cn1. The molecule has 0 atom stereocenters. The number of rotatable bonds is 3. The van der Waals surface area contributed by atoms with Gasteiger partial charge in [-0.2, -0.15) is 0 Å². The number of halogens is 1. The van der Waals surface area contributed by atoms with E-state index in [1.807, 2.05) is 6.20 Å². The van der Waals surface area contributed by atoms with Crippen molar-refractivity contribution in [3.63, 3.8) is 0 Å². The average molecular weight is 332 g/mol. The van der Waals surface area contributed by atoms with Crippen LogP contribution in [0.1, 0.15) is 30.0 Å². The molecular formula is C16H18BrN3. The van der Waals surface area contributed by atoms with Crippen LogP contribution in [0.5, 0.6) is 0 Å². The van der Waals surface area contributed by atoms with Crippen LogP contribution in [0.3, 0.4) is 0 Å². The smallest absolute Gasteiger partial charge is 0.124 e. The first kappa shape index (κ1) is 13.7. The molecule has 20 heavy (non-hydrogen) atoms. The number of piperidine rings is 1. The fourth-order valence-corrected chi connectivity index (χ4v) is 2.97. The summed E-state index contributed by atoms with van der Waals surface area (Å²) in [7, 11) is 0. The monoisotopic (exact) mass is 331 g/mol. The van der Waals surface area contributed by atoms with E-state index in [0.29, 0.717) is 5.92 Å². The Morgan fingerprint density at radius 2 is 1.80 bits per heavy atom. The van der Waals surface area contributed by atoms with Gasteiger partial charge in [-0.05, 0) is 47.4 Å². The topological polar surface area (TPSA) is 29.0 Å². The summed E-state index contributed by atoms with van der Waals surface area (Å²) >= 11 is 3.33. The second-order valence-corrected chi connectivity index (χ2v) is 6.11. The van der Waals surface area contributed by atoms with Gasteiger partial charge in [0.2, 0.25) is 0 Å². The molecule has 4 heteroatoms. The van der Waals surface area contributed by atoms with Crippen molar-refractivity contribution in [2.75, 3.05) is 13.1 Å². The van der Waals surface area contributed by atoms with Crippen LogP contribution in [0.4, 0.5) is 0 Å². The second kappa shape index (κ2) is 6.46. The van der Waals surface area contributed by atoms with Crippen molar-refractivity contribution < 1.29 is 0 Å². The lowest BCUT2D eigenvalue weighted by atomic mass is 9.93. The third-order valence-electron chi connectivity index (χ3n) is 3.90. The second-order valence-electron chi connectivity index (χ2n) is 5.30. The van der Waals surface area contributed by atoms with Crippen LogP contribution in [0.25, 0.3) is 0 Å². The summed E-state index contributed by atoms with van der Waals surface area (Å²) in [6.45, 7) is 3.33. The first-order valence-corrected chi connectivity index (χ1v) is 7.84. The Kier molecular flexibility index (Phi) is 4.43. The molecule has 1 aliphatic heterocycles. The Morgan fingerprint density at radius 3 is 2.45 bits per heavy atom. The molecule has 0 spiro atoms. The van der Waals surface area contributed by atoms with E-state index in [-0.39, 0.29) is 0 Å². The van der Waals surface area contributed by atoms with Crippen molar-refractivity contribution in [2.24, 2.45) is 0 Å². The maximum atomic E-state index is 4.48. The normalized spacial score (nSPS) is 17.2. The largest absolute Gasteiger partial charge is 0.299 e. The highest BCUT2D eigenvalue weighted by molar-refractivity contribution is 9.10. The first-order valence-electron chi connectivity index (χ1n) is 7.05. The number of hydrogen-bond acceptors (Lipinski definition) is 3. The zero-order chi connectivity index (χ0) is 13.8. The van der Waals surface area contributed by atoms with Crippen molar-refractivity contribution >= 4 is 15.9 Å². The van der Waals surface area contributed by atoms with E-state index >= 15 is 0 Å². The van der Waals surface area contributed by atoms with Crippen molar-refractivity contribution in [3.05, 3.63) is 58.6 Å². The Labute approximate surface area is 128 Å². The maximum absolute atomic E-state index is 4.48. The number of aromatic nitrogens is 2. The minimum atomic E-state index is 0.558. The summed E-state index contributed by atoms with van der Waals surface area (Å²) in [5.41, 5.74) is 2.53. The molecule has 0 saturated carbocycles. The van der Waals surface area contributed by atoms with Crippen LogP contribution in [0.15, 0.2) is 47.3 Å². The summed E-state index contributed by atoms with van der Waals surface area (Å²) < 4.78 is 0.808. The van der Waals surface area contributed by atoms with Crippen LogP contribution in [0, 0.1) is 0 Å². The molecule has 2 aromatic rings. The molecule has 3 nitrogen and oxygen atoms in total. The molecule has 1 aromatic heterocycles. The molecule has 1 saturated heterocycles. The lowest BCUT2D eigenvalue weighted by Crippen LogP contribution is -2.32. The van der Waals surface area contributed by atoms with Gasteiger partial charge in [-0.25, -0.2) is 4.98 Å². The summed E-state index contributed by atoms with van der Waals surface area (Å²) in [6, 6.07) is 10.7. The van der Waals surface area contributed by atoms with Crippen molar-refractivity contribution in [1.29, 1.82) is 0 Å². The predicted molar refractivity (Wildman–Crippen MR) is 83.4 cm³/mol. The number of hydrogen-bond donors (Lipinski definition) is 0. The van der Waals surface area contributed by atoms with Gasteiger partial charge < -0.3 is 0 Å². The highest BCUT2D eigenvalue weighted by Gasteiger charge is 2.21. The van der Waals surface area contributed by atoms with Crippen LogP contribution < -0.4 is 0 Å². The summed E-state index contributed by atoms with van der Waals surface area (Å²) in [5, 5.41) is 0. The molecule has 0 amide bonds. The van der Waals surface area contributed by atoms with Gasteiger partial charge in [0, 0.05) is 18.7 Å². The zero-order valence-electron chi connectivity index (χ0n) is 11.4. The van der Waals surface area contributed by atoms with Crippen molar-refractivity contribution in [3.8, 4) is 0 Å². The van der Waals surface area contributed by atoms with Gasteiger partial charge in [-0.1, -0.05) is 30.3 Å². The van der Waals surface area contributed by atoms with Gasteiger partial charge >= 0.3 is 0 Å². The quantitative estimate of drug-likeness (QED) is 0.860. The van der Waals surface area contributed by atoms with Gasteiger partial charge in [0.1, 0.15) is 4.60 Å². The fraction of sp³-hybridized carbons (Fsp3) is 0.375. The number of likely N-dealkylation sites (tertiary alicyclic amines) is 1. The molecule has 0 radical (unpaired) electrons. The van der Waals surface area contributed by atoms with Crippen LogP contribution in [0.2, 0.25) is 0 Å². The van der Waals surface area contributed by atoms with Crippen molar-refractivity contribution in [1.82, 2.24) is 14.9 Å². The van der Waals surface area contributed by atoms with Gasteiger partial charge in [0.05, 0.1) is 11.9 Å². The lowest BCUT2D eigenvalue weighted by Gasteiger charge is -2.31. The van der Waals surface area contributed by atoms with Gasteiger partial charge in [0.25, 0.3) is 0 Å². The Balaban J connectivity index is 1.55. The molecule has 0 N–H and O–H groups in total. The van der Waals surface area contributed by atoms with Crippen molar-refractivity contribution in [2.45, 2.75) is 25.3 Å². The lowest BCUT2D eigenvalue weighted by molar-refractivity contribution is 0.203. The molecular weight excluding hydrogens is 314 g/mol. The third-order valence-corrected chi connectivity index (χ3v) is 4.30. The van der Waals surface area contributed by atoms with E-state index in [1.165, 1.54) is 18.4 Å². The van der Waals surface area contributed by atoms with Gasteiger partial charge in [-0.3, -0.25) is 9.88 Å². The molecule has 0 bridgehead atoms. The Morgan fingerprint density at radius 1 is 1.05 bits per heavy atom. The van der Waals surface area contributed by atoms with E-state index < -0.39 is 0 Å². The molecule has 1 aromatic carbocycles. The number of benzene rings is 1.